The molecule has 17 heavy (non-hydrogen) atoms. The summed E-state index contributed by atoms with van der Waals surface area (Å²) in [5.74, 6) is 0.170. The third-order valence-corrected chi connectivity index (χ3v) is 1.64. The monoisotopic (exact) mass is 236 g/mol. The number of rotatable bonds is 2. The highest BCUT2D eigenvalue weighted by atomic mass is 16.6. The average Bonchev–Trinajstić information content (AvgIpc) is 2.18. The third kappa shape index (κ3) is 5.55. The van der Waals surface area contributed by atoms with Gasteiger partial charge in [0, 0.05) is 0 Å². The molecule has 0 aliphatic rings. The van der Waals surface area contributed by atoms with Crippen LogP contribution in [0.5, 0.6) is 5.75 Å². The van der Waals surface area contributed by atoms with Crippen molar-refractivity contribution in [1.29, 1.82) is 0 Å². The summed E-state index contributed by atoms with van der Waals surface area (Å²) in [4.78, 5) is 15.2. The summed E-state index contributed by atoms with van der Waals surface area (Å²) in [5, 5.41) is 11.4. The van der Waals surface area contributed by atoms with E-state index in [1.165, 1.54) is 18.5 Å². The number of alkyl carbamates (subject to hydrolysis) is 1. The summed E-state index contributed by atoms with van der Waals surface area (Å²) in [6, 6.07) is 6.28. The van der Waals surface area contributed by atoms with Crippen molar-refractivity contribution in [3.63, 3.8) is 0 Å². The van der Waals surface area contributed by atoms with E-state index in [1.54, 1.807) is 32.9 Å². The molecular formula is C12H16N2O3. The van der Waals surface area contributed by atoms with E-state index in [0.717, 1.165) is 0 Å². The number of phenolic OH excluding ortho intramolecular Hbond substituents is 1. The number of ether oxygens (including phenoxy) is 1. The van der Waals surface area contributed by atoms with Gasteiger partial charge in [-0.3, -0.25) is 5.32 Å². The Morgan fingerprint density at radius 3 is 2.47 bits per heavy atom. The normalized spacial score (nSPS) is 11.5. The number of phenols is 1. The highest BCUT2D eigenvalue weighted by Crippen LogP contribution is 2.15. The number of benzene rings is 1. The number of nitrogens with zero attached hydrogens (tertiary/aromatic N) is 1. The van der Waals surface area contributed by atoms with Crippen molar-refractivity contribution in [3.8, 4) is 5.75 Å². The van der Waals surface area contributed by atoms with Gasteiger partial charge < -0.3 is 9.84 Å². The fraction of sp³-hybridized carbons (Fsp3) is 0.333. The number of hydrogen-bond acceptors (Lipinski definition) is 4. The van der Waals surface area contributed by atoms with Crippen molar-refractivity contribution < 1.29 is 14.6 Å². The van der Waals surface area contributed by atoms with Gasteiger partial charge in [0.15, 0.2) is 0 Å². The minimum Gasteiger partial charge on any atom is -0.508 e. The molecule has 0 unspecified atom stereocenters. The summed E-state index contributed by atoms with van der Waals surface area (Å²) >= 11 is 0. The van der Waals surface area contributed by atoms with Crippen LogP contribution in [0.15, 0.2) is 29.3 Å². The van der Waals surface area contributed by atoms with Crippen LogP contribution < -0.4 is 5.32 Å². The number of carbonyl (C=O) groups excluding carboxylic acids is 1. The van der Waals surface area contributed by atoms with Gasteiger partial charge in [0.1, 0.15) is 11.4 Å². The van der Waals surface area contributed by atoms with Gasteiger partial charge in [-0.2, -0.15) is 0 Å². The van der Waals surface area contributed by atoms with Crippen molar-refractivity contribution in [1.82, 2.24) is 5.32 Å². The number of aromatic hydroxyl groups is 1. The number of aliphatic imine (C=N–C) groups is 1. The maximum absolute atomic E-state index is 11.2. The van der Waals surface area contributed by atoms with Crippen LogP contribution in [-0.4, -0.2) is 23.1 Å². The van der Waals surface area contributed by atoms with Gasteiger partial charge in [-0.05, 0) is 45.0 Å². The summed E-state index contributed by atoms with van der Waals surface area (Å²) < 4.78 is 5.01. The average molecular weight is 236 g/mol. The molecule has 0 heterocycles. The van der Waals surface area contributed by atoms with Gasteiger partial charge in [-0.25, -0.2) is 9.79 Å². The molecule has 1 amide bonds. The van der Waals surface area contributed by atoms with Gasteiger partial charge in [0.05, 0.1) is 12.0 Å². The van der Waals surface area contributed by atoms with Crippen LogP contribution in [0.3, 0.4) is 0 Å². The molecule has 0 atom stereocenters. The first-order chi connectivity index (χ1) is 7.87. The van der Waals surface area contributed by atoms with E-state index in [9.17, 15) is 4.79 Å². The molecule has 0 spiro atoms. The van der Waals surface area contributed by atoms with Crippen LogP contribution in [-0.2, 0) is 4.74 Å². The van der Waals surface area contributed by atoms with Crippen molar-refractivity contribution in [2.75, 3.05) is 0 Å². The summed E-state index contributed by atoms with van der Waals surface area (Å²) in [5.41, 5.74) is 0.0927. The molecule has 2 N–H and O–H groups in total. The van der Waals surface area contributed by atoms with E-state index in [1.807, 2.05) is 0 Å². The lowest BCUT2D eigenvalue weighted by molar-refractivity contribution is 0.0565. The number of amides is 1. The number of nitrogens with one attached hydrogen (secondary N) is 1. The van der Waals surface area contributed by atoms with Crippen LogP contribution in [0.4, 0.5) is 10.5 Å². The number of carbonyl (C=O) groups is 1. The molecule has 0 saturated carbocycles. The Morgan fingerprint density at radius 1 is 1.35 bits per heavy atom. The van der Waals surface area contributed by atoms with E-state index in [-0.39, 0.29) is 5.75 Å². The third-order valence-electron chi connectivity index (χ3n) is 1.64. The second-order valence-corrected chi connectivity index (χ2v) is 4.42. The Bertz CT molecular complexity index is 405. The lowest BCUT2D eigenvalue weighted by Gasteiger charge is -2.18. The Morgan fingerprint density at radius 2 is 1.94 bits per heavy atom. The predicted molar refractivity (Wildman–Crippen MR) is 65.6 cm³/mol. The molecule has 1 aromatic carbocycles. The van der Waals surface area contributed by atoms with E-state index in [0.29, 0.717) is 5.69 Å². The SMILES string of the molecule is CC(C)(C)OC(=O)NC=Nc1ccc(O)cc1. The zero-order valence-corrected chi connectivity index (χ0v) is 10.1. The second kappa shape index (κ2) is 5.34. The van der Waals surface area contributed by atoms with Gasteiger partial charge in [-0.1, -0.05) is 0 Å². The molecule has 0 aliphatic carbocycles. The van der Waals surface area contributed by atoms with Crippen molar-refractivity contribution >= 4 is 18.1 Å². The van der Waals surface area contributed by atoms with Crippen molar-refractivity contribution in [2.45, 2.75) is 26.4 Å². The summed E-state index contributed by atoms with van der Waals surface area (Å²) in [6.07, 6.45) is 0.695. The van der Waals surface area contributed by atoms with Gasteiger partial charge >= 0.3 is 6.09 Å². The molecule has 1 aromatic rings. The molecule has 0 fully saturated rings. The minimum atomic E-state index is -0.556. The van der Waals surface area contributed by atoms with Gasteiger partial charge in [-0.15, -0.1) is 0 Å². The van der Waals surface area contributed by atoms with Gasteiger partial charge in [0.25, 0.3) is 0 Å². The molecule has 1 rings (SSSR count). The molecule has 92 valence electrons. The Kier molecular flexibility index (Phi) is 4.09. The van der Waals surface area contributed by atoms with Crippen LogP contribution >= 0.6 is 0 Å². The van der Waals surface area contributed by atoms with Gasteiger partial charge in [0.2, 0.25) is 0 Å². The molecule has 0 radical (unpaired) electrons. The second-order valence-electron chi connectivity index (χ2n) is 4.42. The number of hydrogen-bond donors (Lipinski definition) is 2. The Balaban J connectivity index is 2.45. The maximum Gasteiger partial charge on any atom is 0.412 e. The van der Waals surface area contributed by atoms with Crippen molar-refractivity contribution in [2.24, 2.45) is 4.99 Å². The zero-order chi connectivity index (χ0) is 12.9. The van der Waals surface area contributed by atoms with Crippen LogP contribution in [0.25, 0.3) is 0 Å². The Labute approximate surface area is 100 Å². The molecule has 0 aliphatic heterocycles. The zero-order valence-electron chi connectivity index (χ0n) is 10.1. The molecule has 0 bridgehead atoms. The summed E-state index contributed by atoms with van der Waals surface area (Å²) in [7, 11) is 0. The molecule has 0 aromatic heterocycles. The van der Waals surface area contributed by atoms with Crippen LogP contribution in [0.1, 0.15) is 20.8 Å². The molecule has 5 heteroatoms. The first-order valence-electron chi connectivity index (χ1n) is 5.18. The summed E-state index contributed by atoms with van der Waals surface area (Å²) in [6.45, 7) is 5.34. The van der Waals surface area contributed by atoms with Crippen molar-refractivity contribution in [3.05, 3.63) is 24.3 Å². The standard InChI is InChI=1S/C12H16N2O3/c1-12(2,3)17-11(16)14-8-13-9-4-6-10(15)7-5-9/h4-8,15H,1-3H3,(H,13,14,16). The molecule has 0 saturated heterocycles. The smallest absolute Gasteiger partial charge is 0.412 e. The quantitative estimate of drug-likeness (QED) is 0.612. The first-order valence-corrected chi connectivity index (χ1v) is 5.18. The minimum absolute atomic E-state index is 0.170. The highest BCUT2D eigenvalue weighted by molar-refractivity contribution is 5.83. The van der Waals surface area contributed by atoms with E-state index in [2.05, 4.69) is 10.3 Å². The lowest BCUT2D eigenvalue weighted by atomic mass is 10.2. The highest BCUT2D eigenvalue weighted by Gasteiger charge is 2.14. The van der Waals surface area contributed by atoms with E-state index >= 15 is 0 Å². The lowest BCUT2D eigenvalue weighted by Crippen LogP contribution is -2.31. The van der Waals surface area contributed by atoms with Crippen LogP contribution in [0, 0.1) is 0 Å². The van der Waals surface area contributed by atoms with E-state index in [4.69, 9.17) is 9.84 Å². The first kappa shape index (κ1) is 13.0. The largest absolute Gasteiger partial charge is 0.508 e. The maximum atomic E-state index is 11.2. The fourth-order valence-electron chi connectivity index (χ4n) is 1.01. The topological polar surface area (TPSA) is 70.9 Å². The molecule has 5 nitrogen and oxygen atoms in total. The predicted octanol–water partition coefficient (Wildman–Crippen LogP) is 2.58. The molecular weight excluding hydrogens is 220 g/mol. The Hall–Kier alpha value is -2.04. The van der Waals surface area contributed by atoms with E-state index < -0.39 is 11.7 Å². The fourth-order valence-corrected chi connectivity index (χ4v) is 1.01. The van der Waals surface area contributed by atoms with Crippen LogP contribution in [0.2, 0.25) is 0 Å².